The molecule has 124 valence electrons. The number of hydrogen-bond acceptors (Lipinski definition) is 5. The van der Waals surface area contributed by atoms with Crippen molar-refractivity contribution < 1.29 is 9.53 Å². The van der Waals surface area contributed by atoms with Crippen LogP contribution in [0.1, 0.15) is 36.0 Å². The van der Waals surface area contributed by atoms with Gasteiger partial charge in [0, 0.05) is 5.71 Å². The van der Waals surface area contributed by atoms with E-state index in [2.05, 4.69) is 31.4 Å². The molecule has 1 aliphatic carbocycles. The number of rotatable bonds is 4. The lowest BCUT2D eigenvalue weighted by Crippen LogP contribution is -2.25. The van der Waals surface area contributed by atoms with Crippen molar-refractivity contribution in [3.8, 4) is 0 Å². The minimum absolute atomic E-state index is 0.0411. The molecule has 1 aromatic carbocycles. The van der Waals surface area contributed by atoms with Crippen LogP contribution in [0.15, 0.2) is 58.2 Å². The summed E-state index contributed by atoms with van der Waals surface area (Å²) in [5.41, 5.74) is 4.65. The number of ether oxygens (including phenoxy) is 1. The summed E-state index contributed by atoms with van der Waals surface area (Å²) in [6.45, 7) is 0. The predicted octanol–water partition coefficient (Wildman–Crippen LogP) is 4.41. The van der Waals surface area contributed by atoms with Gasteiger partial charge in [-0.15, -0.1) is 0 Å². The Kier molecular flexibility index (Phi) is 5.59. The number of esters is 1. The second-order valence-corrected chi connectivity index (χ2v) is 6.42. The van der Waals surface area contributed by atoms with Crippen LogP contribution < -0.4 is 5.43 Å². The van der Waals surface area contributed by atoms with Gasteiger partial charge in [-0.2, -0.15) is 5.10 Å². The number of aromatic nitrogens is 1. The number of carbonyl (C=O) groups is 1. The normalized spacial score (nSPS) is 17.2. The number of carbonyl (C=O) groups excluding carboxylic acids is 1. The van der Waals surface area contributed by atoms with Crippen LogP contribution in [0.2, 0.25) is 0 Å². The van der Waals surface area contributed by atoms with Crippen LogP contribution in [0, 0.1) is 0 Å². The number of nitrogens with one attached hydrogen (secondary N) is 1. The standard InChI is InChI=1S/C18H18BrN3O2/c19-16-7-4-8-17(20-16)22-21-14-9-11-15(12-10-14)24-18(23)13-5-2-1-3-6-13/h1-8,15H,9-12H2,(H,20,22). The maximum absolute atomic E-state index is 12.1. The summed E-state index contributed by atoms with van der Waals surface area (Å²) >= 11 is 3.33. The molecule has 0 aliphatic heterocycles. The van der Waals surface area contributed by atoms with E-state index >= 15 is 0 Å². The minimum Gasteiger partial charge on any atom is -0.459 e. The van der Waals surface area contributed by atoms with Gasteiger partial charge in [0.25, 0.3) is 0 Å². The number of pyridine rings is 1. The van der Waals surface area contributed by atoms with Crippen LogP contribution in [0.25, 0.3) is 0 Å². The average molecular weight is 388 g/mol. The fourth-order valence-corrected chi connectivity index (χ4v) is 2.90. The first-order valence-electron chi connectivity index (χ1n) is 7.91. The predicted molar refractivity (Wildman–Crippen MR) is 97.1 cm³/mol. The highest BCUT2D eigenvalue weighted by molar-refractivity contribution is 9.10. The summed E-state index contributed by atoms with van der Waals surface area (Å²) in [4.78, 5) is 16.3. The molecule has 1 fully saturated rings. The van der Waals surface area contributed by atoms with E-state index in [1.165, 1.54) is 0 Å². The maximum atomic E-state index is 12.1. The van der Waals surface area contributed by atoms with Gasteiger partial charge in [0.05, 0.1) is 5.56 Å². The van der Waals surface area contributed by atoms with Crippen molar-refractivity contribution >= 4 is 33.4 Å². The second kappa shape index (κ2) is 8.06. The Bertz CT molecular complexity index is 724. The Hall–Kier alpha value is -2.21. The Morgan fingerprint density at radius 1 is 1.12 bits per heavy atom. The topological polar surface area (TPSA) is 63.6 Å². The molecule has 3 rings (SSSR count). The smallest absolute Gasteiger partial charge is 0.338 e. The Morgan fingerprint density at radius 3 is 2.58 bits per heavy atom. The molecule has 2 aromatic rings. The Balaban J connectivity index is 1.49. The zero-order chi connectivity index (χ0) is 16.8. The fourth-order valence-electron chi connectivity index (χ4n) is 2.55. The molecule has 5 nitrogen and oxygen atoms in total. The molecule has 0 radical (unpaired) electrons. The van der Waals surface area contributed by atoms with E-state index in [1.54, 1.807) is 12.1 Å². The number of hydrogen-bond donors (Lipinski definition) is 1. The third-order valence-electron chi connectivity index (χ3n) is 3.84. The van der Waals surface area contributed by atoms with E-state index in [1.807, 2.05) is 36.4 Å². The van der Waals surface area contributed by atoms with Crippen LogP contribution in [-0.2, 0) is 4.74 Å². The van der Waals surface area contributed by atoms with Crippen molar-refractivity contribution in [2.75, 3.05) is 5.43 Å². The molecule has 24 heavy (non-hydrogen) atoms. The molecular formula is C18H18BrN3O2. The number of benzene rings is 1. The lowest BCUT2D eigenvalue weighted by molar-refractivity contribution is 0.0256. The third-order valence-corrected chi connectivity index (χ3v) is 4.28. The molecule has 0 atom stereocenters. The first-order valence-corrected chi connectivity index (χ1v) is 8.70. The van der Waals surface area contributed by atoms with Crippen LogP contribution in [0.4, 0.5) is 5.82 Å². The van der Waals surface area contributed by atoms with Crippen molar-refractivity contribution in [1.82, 2.24) is 4.98 Å². The van der Waals surface area contributed by atoms with Crippen molar-refractivity contribution in [3.63, 3.8) is 0 Å². The monoisotopic (exact) mass is 387 g/mol. The summed E-state index contributed by atoms with van der Waals surface area (Å²) in [6.07, 6.45) is 3.18. The SMILES string of the molecule is O=C(OC1CCC(=NNc2cccc(Br)n2)CC1)c1ccccc1. The molecule has 1 aromatic heterocycles. The van der Waals surface area contributed by atoms with Gasteiger partial charge in [0.1, 0.15) is 16.5 Å². The molecule has 6 heteroatoms. The van der Waals surface area contributed by atoms with Gasteiger partial charge < -0.3 is 4.74 Å². The van der Waals surface area contributed by atoms with Crippen LogP contribution in [-0.4, -0.2) is 22.8 Å². The summed E-state index contributed by atoms with van der Waals surface area (Å²) in [7, 11) is 0. The average Bonchev–Trinajstić information content (AvgIpc) is 2.62. The highest BCUT2D eigenvalue weighted by Gasteiger charge is 2.21. The molecule has 1 heterocycles. The summed E-state index contributed by atoms with van der Waals surface area (Å²) in [5.74, 6) is 0.451. The van der Waals surface area contributed by atoms with Gasteiger partial charge in [0.15, 0.2) is 0 Å². The quantitative estimate of drug-likeness (QED) is 0.479. The highest BCUT2D eigenvalue weighted by atomic mass is 79.9. The molecule has 0 spiro atoms. The number of anilines is 1. The second-order valence-electron chi connectivity index (χ2n) is 5.61. The van der Waals surface area contributed by atoms with Gasteiger partial charge >= 0.3 is 5.97 Å². The number of hydrazone groups is 1. The van der Waals surface area contributed by atoms with E-state index < -0.39 is 0 Å². The third kappa shape index (κ3) is 4.64. The van der Waals surface area contributed by atoms with E-state index in [0.29, 0.717) is 11.4 Å². The van der Waals surface area contributed by atoms with Crippen molar-refractivity contribution in [2.45, 2.75) is 31.8 Å². The van der Waals surface area contributed by atoms with Gasteiger partial charge in [-0.25, -0.2) is 9.78 Å². The number of nitrogens with zero attached hydrogens (tertiary/aromatic N) is 2. The van der Waals surface area contributed by atoms with Gasteiger partial charge in [0.2, 0.25) is 0 Å². The minimum atomic E-state index is -0.252. The summed E-state index contributed by atoms with van der Waals surface area (Å²) < 4.78 is 6.34. The number of halogens is 1. The first kappa shape index (κ1) is 16.6. The van der Waals surface area contributed by atoms with Crippen molar-refractivity contribution in [1.29, 1.82) is 0 Å². The van der Waals surface area contributed by atoms with Crippen LogP contribution in [0.3, 0.4) is 0 Å². The fraction of sp³-hybridized carbons (Fsp3) is 0.278. The van der Waals surface area contributed by atoms with E-state index in [0.717, 1.165) is 36.0 Å². The molecule has 0 unspecified atom stereocenters. The van der Waals surface area contributed by atoms with E-state index in [4.69, 9.17) is 4.74 Å². The first-order chi connectivity index (χ1) is 11.7. The molecular weight excluding hydrogens is 370 g/mol. The van der Waals surface area contributed by atoms with Gasteiger partial charge in [-0.3, -0.25) is 5.43 Å². The summed E-state index contributed by atoms with van der Waals surface area (Å²) in [6, 6.07) is 14.7. The van der Waals surface area contributed by atoms with Crippen molar-refractivity contribution in [3.05, 3.63) is 58.7 Å². The van der Waals surface area contributed by atoms with Crippen LogP contribution >= 0.6 is 15.9 Å². The molecule has 0 bridgehead atoms. The lowest BCUT2D eigenvalue weighted by atomic mass is 9.96. The van der Waals surface area contributed by atoms with Crippen molar-refractivity contribution in [2.24, 2.45) is 5.10 Å². The van der Waals surface area contributed by atoms with E-state index in [9.17, 15) is 4.79 Å². The molecule has 1 saturated carbocycles. The van der Waals surface area contributed by atoms with Crippen LogP contribution in [0.5, 0.6) is 0 Å². The maximum Gasteiger partial charge on any atom is 0.338 e. The zero-order valence-corrected chi connectivity index (χ0v) is 14.7. The van der Waals surface area contributed by atoms with E-state index in [-0.39, 0.29) is 12.1 Å². The molecule has 0 amide bonds. The molecule has 1 aliphatic rings. The lowest BCUT2D eigenvalue weighted by Gasteiger charge is -2.23. The highest BCUT2D eigenvalue weighted by Crippen LogP contribution is 2.21. The largest absolute Gasteiger partial charge is 0.459 e. The zero-order valence-electron chi connectivity index (χ0n) is 13.1. The Morgan fingerprint density at radius 2 is 1.88 bits per heavy atom. The molecule has 0 saturated heterocycles. The summed E-state index contributed by atoms with van der Waals surface area (Å²) in [5, 5.41) is 4.41. The van der Waals surface area contributed by atoms with Gasteiger partial charge in [-0.1, -0.05) is 24.3 Å². The van der Waals surface area contributed by atoms with Gasteiger partial charge in [-0.05, 0) is 65.9 Å². The Labute approximate surface area is 149 Å². The molecule has 1 N–H and O–H groups in total.